The molecule has 1 aliphatic rings. The van der Waals surface area contributed by atoms with Crippen LogP contribution in [0.15, 0.2) is 170 Å². The van der Waals surface area contributed by atoms with Crippen LogP contribution in [0.25, 0.3) is 54.9 Å². The molecule has 8 aromatic carbocycles. The Labute approximate surface area is 320 Å². The highest BCUT2D eigenvalue weighted by Gasteiger charge is 2.46. The first-order valence-electron chi connectivity index (χ1n) is 19.7. The molecule has 8 aromatic rings. The molecule has 0 heterocycles. The van der Waals surface area contributed by atoms with Crippen molar-refractivity contribution in [1.82, 2.24) is 0 Å². The van der Waals surface area contributed by atoms with Crippen molar-refractivity contribution < 1.29 is 0 Å². The summed E-state index contributed by atoms with van der Waals surface area (Å²) in [5, 5.41) is 5.10. The third kappa shape index (κ3) is 5.85. The molecule has 0 spiro atoms. The standard InChI is InChI=1S/C53H47N/c1-3-11-36(2)40-19-20-44-33-48(26-22-42(44)31-40)53(47-25-21-41-30-37(12-10-29-54)17-18-43(41)32-47)51-34-45(38-13-6-4-7-14-38)23-27-49(51)50-28-24-46(35-52(50)53)39-15-8-5-9-16-39/h4-9,13-28,30-36H,3,10-12,29,54H2,1-2H3. The fraction of sp³-hybridized carbons (Fsp3) is 0.170. The molecule has 0 saturated heterocycles. The highest BCUT2D eigenvalue weighted by atomic mass is 14.5. The quantitative estimate of drug-likeness (QED) is 0.151. The Morgan fingerprint density at radius 3 is 1.57 bits per heavy atom. The summed E-state index contributed by atoms with van der Waals surface area (Å²) in [5.41, 5.74) is 20.8. The molecule has 264 valence electrons. The Balaban J connectivity index is 1.35. The monoisotopic (exact) mass is 697 g/mol. The zero-order valence-electron chi connectivity index (χ0n) is 31.4. The van der Waals surface area contributed by atoms with E-state index in [-0.39, 0.29) is 0 Å². The molecule has 0 aromatic heterocycles. The van der Waals surface area contributed by atoms with E-state index in [1.54, 1.807) is 0 Å². The zero-order chi connectivity index (χ0) is 36.6. The van der Waals surface area contributed by atoms with E-state index in [1.165, 1.54) is 101 Å². The van der Waals surface area contributed by atoms with Crippen molar-refractivity contribution in [2.24, 2.45) is 5.73 Å². The molecule has 2 N–H and O–H groups in total. The number of benzene rings is 8. The Morgan fingerprint density at radius 1 is 0.500 bits per heavy atom. The summed E-state index contributed by atoms with van der Waals surface area (Å²) in [6, 6.07) is 64.5. The topological polar surface area (TPSA) is 26.0 Å². The SMILES string of the molecule is CCCC(C)c1ccc2cc(C3(c4ccc5cc(CCCN)ccc5c4)c4cc(-c5ccccc5)ccc4-c4ccc(-c5ccccc5)cc43)ccc2c1. The summed E-state index contributed by atoms with van der Waals surface area (Å²) in [4.78, 5) is 0. The number of hydrogen-bond acceptors (Lipinski definition) is 1. The summed E-state index contributed by atoms with van der Waals surface area (Å²) in [7, 11) is 0. The van der Waals surface area contributed by atoms with Gasteiger partial charge in [0.05, 0.1) is 5.41 Å². The van der Waals surface area contributed by atoms with Gasteiger partial charge in [-0.05, 0) is 144 Å². The van der Waals surface area contributed by atoms with Crippen molar-refractivity contribution in [1.29, 1.82) is 0 Å². The average Bonchev–Trinajstić information content (AvgIpc) is 3.52. The van der Waals surface area contributed by atoms with Crippen LogP contribution in [0.3, 0.4) is 0 Å². The van der Waals surface area contributed by atoms with Crippen LogP contribution in [-0.2, 0) is 11.8 Å². The maximum absolute atomic E-state index is 5.89. The minimum Gasteiger partial charge on any atom is -0.330 e. The van der Waals surface area contributed by atoms with E-state index >= 15 is 0 Å². The number of nitrogens with two attached hydrogens (primary N) is 1. The number of aryl methyl sites for hydroxylation is 1. The molecule has 1 atom stereocenters. The van der Waals surface area contributed by atoms with Crippen LogP contribution in [0.2, 0.25) is 0 Å². The lowest BCUT2D eigenvalue weighted by Gasteiger charge is -2.35. The van der Waals surface area contributed by atoms with Crippen LogP contribution in [-0.4, -0.2) is 6.54 Å². The van der Waals surface area contributed by atoms with Gasteiger partial charge in [0.25, 0.3) is 0 Å². The van der Waals surface area contributed by atoms with E-state index in [0.29, 0.717) is 12.5 Å². The number of fused-ring (bicyclic) bond motifs is 5. The Kier molecular flexibility index (Phi) is 8.97. The first-order chi connectivity index (χ1) is 26.6. The van der Waals surface area contributed by atoms with Crippen molar-refractivity contribution >= 4 is 21.5 Å². The summed E-state index contributed by atoms with van der Waals surface area (Å²) >= 11 is 0. The molecule has 0 saturated carbocycles. The smallest absolute Gasteiger partial charge is 0.0714 e. The highest BCUT2D eigenvalue weighted by Crippen LogP contribution is 2.58. The van der Waals surface area contributed by atoms with Crippen molar-refractivity contribution in [3.63, 3.8) is 0 Å². The van der Waals surface area contributed by atoms with Crippen LogP contribution in [0.5, 0.6) is 0 Å². The van der Waals surface area contributed by atoms with Gasteiger partial charge < -0.3 is 5.73 Å². The molecule has 1 unspecified atom stereocenters. The predicted octanol–water partition coefficient (Wildman–Crippen LogP) is 13.5. The van der Waals surface area contributed by atoms with Gasteiger partial charge in [-0.3, -0.25) is 0 Å². The Morgan fingerprint density at radius 2 is 1.02 bits per heavy atom. The minimum atomic E-state index is -0.560. The van der Waals surface area contributed by atoms with Crippen LogP contribution in [0.4, 0.5) is 0 Å². The molecule has 9 rings (SSSR count). The number of hydrogen-bond donors (Lipinski definition) is 1. The van der Waals surface area contributed by atoms with E-state index in [2.05, 4.69) is 184 Å². The second-order valence-electron chi connectivity index (χ2n) is 15.3. The third-order valence-electron chi connectivity index (χ3n) is 11.9. The van der Waals surface area contributed by atoms with Gasteiger partial charge in [-0.25, -0.2) is 0 Å². The molecule has 1 aliphatic carbocycles. The Bertz CT molecular complexity index is 2530. The molecule has 0 aliphatic heterocycles. The van der Waals surface area contributed by atoms with Gasteiger partial charge in [0.1, 0.15) is 0 Å². The van der Waals surface area contributed by atoms with Gasteiger partial charge >= 0.3 is 0 Å². The lowest BCUT2D eigenvalue weighted by atomic mass is 9.66. The van der Waals surface area contributed by atoms with E-state index in [0.717, 1.165) is 12.8 Å². The molecule has 0 amide bonds. The summed E-state index contributed by atoms with van der Waals surface area (Å²) < 4.78 is 0. The van der Waals surface area contributed by atoms with Gasteiger partial charge in [0, 0.05) is 0 Å². The molecule has 0 radical (unpaired) electrons. The maximum Gasteiger partial charge on any atom is 0.0714 e. The van der Waals surface area contributed by atoms with Gasteiger partial charge in [-0.2, -0.15) is 0 Å². The highest BCUT2D eigenvalue weighted by molar-refractivity contribution is 5.94. The second-order valence-corrected chi connectivity index (χ2v) is 15.3. The van der Waals surface area contributed by atoms with Gasteiger partial charge in [-0.15, -0.1) is 0 Å². The van der Waals surface area contributed by atoms with Gasteiger partial charge in [-0.1, -0.05) is 166 Å². The normalized spacial score (nSPS) is 13.5. The largest absolute Gasteiger partial charge is 0.330 e. The summed E-state index contributed by atoms with van der Waals surface area (Å²) in [5.74, 6) is 0.542. The van der Waals surface area contributed by atoms with Gasteiger partial charge in [0.15, 0.2) is 0 Å². The molecule has 54 heavy (non-hydrogen) atoms. The summed E-state index contributed by atoms with van der Waals surface area (Å²) in [6.07, 6.45) is 4.38. The fourth-order valence-electron chi connectivity index (χ4n) is 9.13. The first kappa shape index (κ1) is 34.0. The lowest BCUT2D eigenvalue weighted by Crippen LogP contribution is -2.28. The van der Waals surface area contributed by atoms with Crippen molar-refractivity contribution in [2.75, 3.05) is 6.54 Å². The van der Waals surface area contributed by atoms with E-state index in [1.807, 2.05) is 0 Å². The maximum atomic E-state index is 5.89. The van der Waals surface area contributed by atoms with E-state index in [4.69, 9.17) is 5.73 Å². The van der Waals surface area contributed by atoms with Crippen LogP contribution < -0.4 is 5.73 Å². The summed E-state index contributed by atoms with van der Waals surface area (Å²) in [6.45, 7) is 5.34. The first-order valence-corrected chi connectivity index (χ1v) is 19.7. The molecular weight excluding hydrogens is 651 g/mol. The average molecular weight is 698 g/mol. The van der Waals surface area contributed by atoms with Crippen molar-refractivity contribution in [2.45, 2.75) is 50.9 Å². The molecule has 1 heteroatoms. The van der Waals surface area contributed by atoms with Crippen molar-refractivity contribution in [3.8, 4) is 33.4 Å². The van der Waals surface area contributed by atoms with Crippen LogP contribution >= 0.6 is 0 Å². The van der Waals surface area contributed by atoms with Gasteiger partial charge in [0.2, 0.25) is 0 Å². The Hall–Kier alpha value is -5.76. The van der Waals surface area contributed by atoms with Crippen molar-refractivity contribution in [3.05, 3.63) is 203 Å². The third-order valence-corrected chi connectivity index (χ3v) is 11.9. The molecular formula is C53H47N. The molecule has 0 fully saturated rings. The molecule has 1 nitrogen and oxygen atoms in total. The fourth-order valence-corrected chi connectivity index (χ4v) is 9.13. The minimum absolute atomic E-state index is 0.542. The lowest BCUT2D eigenvalue weighted by molar-refractivity contribution is 0.665. The predicted molar refractivity (Wildman–Crippen MR) is 230 cm³/mol. The van der Waals surface area contributed by atoms with E-state index in [9.17, 15) is 0 Å². The van der Waals surface area contributed by atoms with Crippen LogP contribution in [0.1, 0.15) is 72.4 Å². The molecule has 0 bridgehead atoms. The van der Waals surface area contributed by atoms with Crippen LogP contribution in [0, 0.1) is 0 Å². The zero-order valence-corrected chi connectivity index (χ0v) is 31.4. The van der Waals surface area contributed by atoms with E-state index < -0.39 is 5.41 Å². The second kappa shape index (κ2) is 14.2. The number of rotatable bonds is 10.